The third-order valence-corrected chi connectivity index (χ3v) is 8.42. The first-order valence-corrected chi connectivity index (χ1v) is 13.2. The number of aliphatic hydroxyl groups is 1. The van der Waals surface area contributed by atoms with Crippen LogP contribution in [0.2, 0.25) is 0 Å². The lowest BCUT2D eigenvalue weighted by atomic mass is 9.81. The molecule has 10 nitrogen and oxygen atoms in total. The molecule has 3 aromatic heterocycles. The molecule has 1 amide bonds. The second-order valence-corrected chi connectivity index (χ2v) is 10.5. The van der Waals surface area contributed by atoms with Gasteiger partial charge in [-0.2, -0.15) is 0 Å². The quantitative estimate of drug-likeness (QED) is 0.329. The van der Waals surface area contributed by atoms with Gasteiger partial charge in [0.25, 0.3) is 11.5 Å². The van der Waals surface area contributed by atoms with Crippen molar-refractivity contribution in [2.24, 2.45) is 0 Å². The molecule has 5 heterocycles. The summed E-state index contributed by atoms with van der Waals surface area (Å²) in [6.45, 7) is 3.32. The normalized spacial score (nSPS) is 18.8. The van der Waals surface area contributed by atoms with Crippen LogP contribution in [0.5, 0.6) is 0 Å². The summed E-state index contributed by atoms with van der Waals surface area (Å²) in [4.78, 5) is 48.2. The highest BCUT2D eigenvalue weighted by Gasteiger charge is 2.37. The van der Waals surface area contributed by atoms with Gasteiger partial charge in [-0.05, 0) is 54.5 Å². The van der Waals surface area contributed by atoms with Crippen molar-refractivity contribution in [1.29, 1.82) is 0 Å². The van der Waals surface area contributed by atoms with Gasteiger partial charge in [0.1, 0.15) is 25.3 Å². The number of aromatic nitrogens is 3. The molecule has 0 saturated heterocycles. The van der Waals surface area contributed by atoms with Crippen molar-refractivity contribution in [2.75, 3.05) is 0 Å². The van der Waals surface area contributed by atoms with Gasteiger partial charge < -0.3 is 24.1 Å². The maximum atomic E-state index is 15.0. The molecule has 0 spiro atoms. The number of cyclic esters (lactones) is 1. The van der Waals surface area contributed by atoms with E-state index in [1.54, 1.807) is 11.5 Å². The van der Waals surface area contributed by atoms with E-state index in [9.17, 15) is 19.5 Å². The number of ether oxygens (including phenoxy) is 1. The highest BCUT2D eigenvalue weighted by molar-refractivity contribution is 5.96. The van der Waals surface area contributed by atoms with Crippen LogP contribution in [-0.2, 0) is 35.7 Å². The second kappa shape index (κ2) is 8.82. The van der Waals surface area contributed by atoms with Crippen LogP contribution in [0.3, 0.4) is 0 Å². The summed E-state index contributed by atoms with van der Waals surface area (Å²) in [5.74, 6) is -1.71. The standard InChI is InChI=1S/C29H25FN4O6/c1-3-13-15-6-22-26-16(8-34(22)28(37)17(15)10-40-29(13)38)25-19(33-27(36)21-11-39-23(9-35)31-21)5-4-14-12(2)18(30)7-20(32-26)24(14)25/h6-7,11,13,19,35H,3-5,8-10H2,1-2H3,(H,33,36). The number of carbonyl (C=O) groups is 2. The van der Waals surface area contributed by atoms with Gasteiger partial charge in [-0.1, -0.05) is 6.92 Å². The van der Waals surface area contributed by atoms with Crippen LogP contribution < -0.4 is 10.9 Å². The zero-order valence-corrected chi connectivity index (χ0v) is 21.8. The molecule has 0 radical (unpaired) electrons. The fourth-order valence-corrected chi connectivity index (χ4v) is 6.44. The number of rotatable bonds is 4. The molecule has 40 heavy (non-hydrogen) atoms. The molecule has 2 unspecified atom stereocenters. The fraction of sp³-hybridized carbons (Fsp3) is 0.345. The molecule has 11 heteroatoms. The minimum Gasteiger partial charge on any atom is -0.460 e. The number of aryl methyl sites for hydroxylation is 1. The van der Waals surface area contributed by atoms with Gasteiger partial charge in [0.2, 0.25) is 5.89 Å². The van der Waals surface area contributed by atoms with E-state index >= 15 is 4.39 Å². The average molecular weight is 545 g/mol. The SMILES string of the molecule is CCC1C(=O)OCc2c1cc1n(c2=O)Cc2c-1nc1cc(F)c(C)c3c1c2C(NC(=O)c1coc(CO)n1)CC3. The Balaban J connectivity index is 1.43. The highest BCUT2D eigenvalue weighted by Crippen LogP contribution is 2.45. The molecule has 0 saturated carbocycles. The largest absolute Gasteiger partial charge is 0.460 e. The molecule has 2 aliphatic heterocycles. The Morgan fingerprint density at radius 2 is 2.05 bits per heavy atom. The topological polar surface area (TPSA) is 137 Å². The molecule has 0 fully saturated rings. The van der Waals surface area contributed by atoms with Gasteiger partial charge in [-0.25, -0.2) is 14.4 Å². The van der Waals surface area contributed by atoms with Crippen LogP contribution in [0.1, 0.15) is 81.5 Å². The summed E-state index contributed by atoms with van der Waals surface area (Å²) in [5.41, 5.74) is 5.38. The van der Waals surface area contributed by atoms with Crippen LogP contribution in [0.15, 0.2) is 27.6 Å². The number of pyridine rings is 2. The number of hydrogen-bond donors (Lipinski definition) is 2. The summed E-state index contributed by atoms with van der Waals surface area (Å²) >= 11 is 0. The van der Waals surface area contributed by atoms with Crippen LogP contribution in [0.4, 0.5) is 4.39 Å². The molecule has 1 aromatic carbocycles. The Morgan fingerprint density at radius 1 is 1.23 bits per heavy atom. The smallest absolute Gasteiger partial charge is 0.313 e. The van der Waals surface area contributed by atoms with Crippen molar-refractivity contribution in [3.63, 3.8) is 0 Å². The zero-order valence-electron chi connectivity index (χ0n) is 21.8. The fourth-order valence-electron chi connectivity index (χ4n) is 6.44. The molecule has 4 aromatic rings. The highest BCUT2D eigenvalue weighted by atomic mass is 19.1. The van der Waals surface area contributed by atoms with Gasteiger partial charge in [0.15, 0.2) is 5.69 Å². The van der Waals surface area contributed by atoms with Crippen molar-refractivity contribution < 1.29 is 28.2 Å². The summed E-state index contributed by atoms with van der Waals surface area (Å²) in [6, 6.07) is 2.78. The van der Waals surface area contributed by atoms with E-state index in [1.165, 1.54) is 12.3 Å². The molecule has 1 aliphatic carbocycles. The van der Waals surface area contributed by atoms with Gasteiger partial charge in [0.05, 0.1) is 41.0 Å². The summed E-state index contributed by atoms with van der Waals surface area (Å²) < 4.78 is 27.1. The third-order valence-electron chi connectivity index (χ3n) is 8.42. The van der Waals surface area contributed by atoms with Crippen molar-refractivity contribution in [3.05, 3.63) is 79.5 Å². The molecule has 0 bridgehead atoms. The van der Waals surface area contributed by atoms with Crippen molar-refractivity contribution in [3.8, 4) is 11.4 Å². The minimum atomic E-state index is -0.546. The van der Waals surface area contributed by atoms with Crippen LogP contribution in [-0.4, -0.2) is 31.5 Å². The molecule has 204 valence electrons. The van der Waals surface area contributed by atoms with Gasteiger partial charge >= 0.3 is 5.97 Å². The summed E-state index contributed by atoms with van der Waals surface area (Å²) in [7, 11) is 0. The lowest BCUT2D eigenvalue weighted by molar-refractivity contribution is -0.148. The Morgan fingerprint density at radius 3 is 2.80 bits per heavy atom. The lowest BCUT2D eigenvalue weighted by Crippen LogP contribution is -2.33. The van der Waals surface area contributed by atoms with Crippen LogP contribution in [0.25, 0.3) is 22.3 Å². The van der Waals surface area contributed by atoms with E-state index in [-0.39, 0.29) is 42.1 Å². The maximum Gasteiger partial charge on any atom is 0.313 e. The second-order valence-electron chi connectivity index (χ2n) is 10.5. The molecular weight excluding hydrogens is 519 g/mol. The van der Waals surface area contributed by atoms with E-state index in [1.807, 2.05) is 13.0 Å². The van der Waals surface area contributed by atoms with Gasteiger partial charge in [-0.15, -0.1) is 0 Å². The number of carbonyl (C=O) groups excluding carboxylic acids is 2. The van der Waals surface area contributed by atoms with E-state index < -0.39 is 24.5 Å². The Labute approximate surface area is 226 Å². The molecule has 3 aliphatic rings. The molecule has 2 N–H and O–H groups in total. The van der Waals surface area contributed by atoms with Crippen molar-refractivity contribution in [2.45, 2.75) is 64.8 Å². The number of aliphatic hydroxyl groups excluding tert-OH is 1. The molecule has 2 atom stereocenters. The predicted molar refractivity (Wildman–Crippen MR) is 139 cm³/mol. The van der Waals surface area contributed by atoms with E-state index in [4.69, 9.17) is 14.1 Å². The lowest BCUT2D eigenvalue weighted by Gasteiger charge is -2.29. The summed E-state index contributed by atoms with van der Waals surface area (Å²) in [5, 5.41) is 13.1. The van der Waals surface area contributed by atoms with E-state index in [0.29, 0.717) is 52.9 Å². The number of esters is 1. The predicted octanol–water partition coefficient (Wildman–Crippen LogP) is 3.32. The minimum absolute atomic E-state index is 0.0315. The number of benzene rings is 1. The Kier molecular flexibility index (Phi) is 5.43. The van der Waals surface area contributed by atoms with E-state index in [0.717, 1.165) is 22.1 Å². The van der Waals surface area contributed by atoms with Gasteiger partial charge in [0, 0.05) is 17.0 Å². The first kappa shape index (κ1) is 24.6. The molecule has 7 rings (SSSR count). The Hall–Kier alpha value is -4.38. The van der Waals surface area contributed by atoms with Gasteiger partial charge in [-0.3, -0.25) is 14.4 Å². The number of nitrogens with zero attached hydrogens (tertiary/aromatic N) is 3. The number of amides is 1. The number of oxazole rings is 1. The first-order chi connectivity index (χ1) is 19.3. The van der Waals surface area contributed by atoms with Crippen molar-refractivity contribution in [1.82, 2.24) is 19.9 Å². The first-order valence-electron chi connectivity index (χ1n) is 13.2. The number of nitrogens with one attached hydrogen (secondary N) is 1. The zero-order chi connectivity index (χ0) is 27.9. The monoisotopic (exact) mass is 544 g/mol. The number of halogens is 1. The Bertz CT molecular complexity index is 1840. The average Bonchev–Trinajstić information content (AvgIpc) is 3.58. The number of hydrogen-bond acceptors (Lipinski definition) is 8. The van der Waals surface area contributed by atoms with E-state index in [2.05, 4.69) is 10.3 Å². The number of fused-ring (bicyclic) bond motifs is 5. The molecular formula is C29H25FN4O6. The van der Waals surface area contributed by atoms with Crippen LogP contribution >= 0.6 is 0 Å². The summed E-state index contributed by atoms with van der Waals surface area (Å²) in [6.07, 6.45) is 2.70. The van der Waals surface area contributed by atoms with Crippen LogP contribution in [0, 0.1) is 12.7 Å². The third kappa shape index (κ3) is 3.40. The maximum absolute atomic E-state index is 15.0. The van der Waals surface area contributed by atoms with Crippen molar-refractivity contribution >= 4 is 22.8 Å².